The number of amides is 1. The van der Waals surface area contributed by atoms with Crippen LogP contribution in [0.5, 0.6) is 0 Å². The third kappa shape index (κ3) is 8.30. The minimum Gasteiger partial charge on any atom is -0.462 e. The van der Waals surface area contributed by atoms with E-state index in [4.69, 9.17) is 9.47 Å². The second-order valence-corrected chi connectivity index (χ2v) is 16.6. The zero-order chi connectivity index (χ0) is 32.1. The molecule has 3 fully saturated rings. The first-order valence-electron chi connectivity index (χ1n) is 18.2. The molecule has 2 N–H and O–H groups in total. The Morgan fingerprint density at radius 1 is 1.02 bits per heavy atom. The van der Waals surface area contributed by atoms with Gasteiger partial charge in [-0.25, -0.2) is 0 Å². The van der Waals surface area contributed by atoms with Crippen LogP contribution in [-0.4, -0.2) is 48.4 Å². The zero-order valence-corrected chi connectivity index (χ0v) is 29.2. The average Bonchev–Trinajstić information content (AvgIpc) is 3.33. The monoisotopic (exact) mass is 615 g/mol. The Morgan fingerprint density at radius 2 is 1.80 bits per heavy atom. The van der Waals surface area contributed by atoms with Crippen LogP contribution in [0.25, 0.3) is 0 Å². The van der Waals surface area contributed by atoms with Gasteiger partial charge in [-0.3, -0.25) is 9.59 Å². The van der Waals surface area contributed by atoms with Gasteiger partial charge in [-0.1, -0.05) is 65.5 Å². The van der Waals surface area contributed by atoms with Gasteiger partial charge in [0.05, 0.1) is 18.6 Å². The minimum absolute atomic E-state index is 0.0430. The van der Waals surface area contributed by atoms with Crippen LogP contribution < -0.4 is 5.32 Å². The standard InChI is InChI=1S/C38H65NO5/c1-26(2)10-8-11-27(3)31-14-15-32-30-13-12-28-24-29(18-20-37(28,6)33(30)19-21-38(31,32)7)44-35(42)17-16-34(41)39-22-9-23-43-36(4,5)25-40/h12,26-27,29-33,40H,8-11,13-25H2,1-7H3,(H,39,41)/t27?,29-,30-,31?,32?,33-,37-,38+/m0/s1. The molecule has 3 saturated carbocycles. The summed E-state index contributed by atoms with van der Waals surface area (Å²) < 4.78 is 11.5. The van der Waals surface area contributed by atoms with E-state index in [2.05, 4.69) is 46.0 Å². The van der Waals surface area contributed by atoms with E-state index >= 15 is 0 Å². The molecule has 0 aromatic heterocycles. The van der Waals surface area contributed by atoms with Crippen LogP contribution in [0.3, 0.4) is 0 Å². The highest BCUT2D eigenvalue weighted by molar-refractivity contribution is 5.81. The predicted molar refractivity (Wildman–Crippen MR) is 177 cm³/mol. The first-order valence-corrected chi connectivity index (χ1v) is 18.2. The number of hydrogen-bond donors (Lipinski definition) is 2. The summed E-state index contributed by atoms with van der Waals surface area (Å²) in [5.74, 6) is 4.56. The molecule has 0 radical (unpaired) electrons. The van der Waals surface area contributed by atoms with Gasteiger partial charge in [0.2, 0.25) is 5.91 Å². The highest BCUT2D eigenvalue weighted by Crippen LogP contribution is 2.67. The van der Waals surface area contributed by atoms with Crippen molar-refractivity contribution in [3.05, 3.63) is 11.6 Å². The van der Waals surface area contributed by atoms with Crippen molar-refractivity contribution in [3.63, 3.8) is 0 Å². The first kappa shape index (κ1) is 35.5. The molecule has 0 aromatic carbocycles. The van der Waals surface area contributed by atoms with Crippen molar-refractivity contribution in [1.82, 2.24) is 5.32 Å². The Balaban J connectivity index is 1.23. The lowest BCUT2D eigenvalue weighted by Gasteiger charge is -2.58. The summed E-state index contributed by atoms with van der Waals surface area (Å²) in [4.78, 5) is 24.9. The molecule has 44 heavy (non-hydrogen) atoms. The van der Waals surface area contributed by atoms with E-state index < -0.39 is 5.60 Å². The molecule has 0 heterocycles. The van der Waals surface area contributed by atoms with Crippen molar-refractivity contribution >= 4 is 11.9 Å². The van der Waals surface area contributed by atoms with Gasteiger partial charge in [0.1, 0.15) is 6.10 Å². The van der Waals surface area contributed by atoms with E-state index in [-0.39, 0.29) is 42.8 Å². The number of carbonyl (C=O) groups is 2. The molecular formula is C38H65NO5. The first-order chi connectivity index (χ1) is 20.8. The number of esters is 1. The van der Waals surface area contributed by atoms with Gasteiger partial charge in [0.25, 0.3) is 0 Å². The Hall–Kier alpha value is -1.40. The number of aliphatic hydroxyl groups is 1. The SMILES string of the molecule is CC(C)CCCC(C)C1CCC2[C@@H]3CC=C4C[C@@H](OC(=O)CCC(=O)NCCCOC(C)(C)CO)CC[C@]4(C)[C@H]3CC[C@]12C. The summed E-state index contributed by atoms with van der Waals surface area (Å²) in [5.41, 5.74) is 1.71. The number of fused-ring (bicyclic) bond motifs is 5. The van der Waals surface area contributed by atoms with Crippen LogP contribution in [-0.2, 0) is 19.1 Å². The maximum atomic E-state index is 12.7. The van der Waals surface area contributed by atoms with Crippen molar-refractivity contribution in [3.8, 4) is 0 Å². The number of hydrogen-bond acceptors (Lipinski definition) is 5. The van der Waals surface area contributed by atoms with Crippen molar-refractivity contribution in [2.75, 3.05) is 19.8 Å². The second kappa shape index (κ2) is 15.0. The molecule has 8 atom stereocenters. The van der Waals surface area contributed by atoms with Crippen LogP contribution in [0.2, 0.25) is 0 Å². The Kier molecular flexibility index (Phi) is 12.1. The van der Waals surface area contributed by atoms with Crippen LogP contribution in [0.15, 0.2) is 11.6 Å². The minimum atomic E-state index is -0.567. The molecule has 0 spiro atoms. The number of aliphatic hydroxyl groups excluding tert-OH is 1. The largest absolute Gasteiger partial charge is 0.462 e. The van der Waals surface area contributed by atoms with E-state index in [1.165, 1.54) is 56.9 Å². The summed E-state index contributed by atoms with van der Waals surface area (Å²) in [6.45, 7) is 17.0. The normalized spacial score (nSPS) is 34.0. The maximum Gasteiger partial charge on any atom is 0.306 e. The molecule has 3 unspecified atom stereocenters. The summed E-state index contributed by atoms with van der Waals surface area (Å²) in [6.07, 6.45) is 17.2. The Bertz CT molecular complexity index is 1010. The van der Waals surface area contributed by atoms with Crippen molar-refractivity contribution < 1.29 is 24.2 Å². The quantitative estimate of drug-likeness (QED) is 0.111. The highest BCUT2D eigenvalue weighted by Gasteiger charge is 2.59. The van der Waals surface area contributed by atoms with Gasteiger partial charge < -0.3 is 19.9 Å². The highest BCUT2D eigenvalue weighted by atomic mass is 16.5. The van der Waals surface area contributed by atoms with E-state index in [0.717, 1.165) is 54.8 Å². The number of rotatable bonds is 15. The van der Waals surface area contributed by atoms with Gasteiger partial charge in [-0.05, 0) is 112 Å². The topological polar surface area (TPSA) is 84.9 Å². The summed E-state index contributed by atoms with van der Waals surface area (Å²) in [5, 5.41) is 12.1. The molecule has 0 aromatic rings. The molecular weight excluding hydrogens is 550 g/mol. The lowest BCUT2D eigenvalue weighted by Crippen LogP contribution is -2.51. The third-order valence-corrected chi connectivity index (χ3v) is 12.6. The molecule has 4 aliphatic rings. The van der Waals surface area contributed by atoms with Crippen LogP contribution in [0.1, 0.15) is 138 Å². The number of allylic oxidation sites excluding steroid dienone is 1. The second-order valence-electron chi connectivity index (χ2n) is 16.6. The Labute approximate surface area is 268 Å². The number of ether oxygens (including phenoxy) is 2. The van der Waals surface area contributed by atoms with E-state index in [1.807, 2.05) is 13.8 Å². The van der Waals surface area contributed by atoms with Crippen molar-refractivity contribution in [2.24, 2.45) is 46.3 Å². The molecule has 4 rings (SSSR count). The number of nitrogens with one attached hydrogen (secondary N) is 1. The summed E-state index contributed by atoms with van der Waals surface area (Å²) >= 11 is 0. The van der Waals surface area contributed by atoms with Gasteiger partial charge >= 0.3 is 5.97 Å². The van der Waals surface area contributed by atoms with Crippen molar-refractivity contribution in [2.45, 2.75) is 150 Å². The van der Waals surface area contributed by atoms with Crippen LogP contribution in [0.4, 0.5) is 0 Å². The van der Waals surface area contributed by atoms with E-state index in [9.17, 15) is 14.7 Å². The van der Waals surface area contributed by atoms with Gasteiger partial charge in [-0.15, -0.1) is 0 Å². The molecule has 0 saturated heterocycles. The third-order valence-electron chi connectivity index (χ3n) is 12.6. The predicted octanol–water partition coefficient (Wildman–Crippen LogP) is 8.01. The fourth-order valence-electron chi connectivity index (χ4n) is 10.00. The number of carbonyl (C=O) groups excluding carboxylic acids is 2. The maximum absolute atomic E-state index is 12.7. The average molecular weight is 616 g/mol. The fraction of sp³-hybridized carbons (Fsp3) is 0.895. The van der Waals surface area contributed by atoms with Gasteiger partial charge in [-0.2, -0.15) is 0 Å². The van der Waals surface area contributed by atoms with E-state index in [1.54, 1.807) is 0 Å². The molecule has 0 bridgehead atoms. The molecule has 1 amide bonds. The zero-order valence-electron chi connectivity index (χ0n) is 29.2. The van der Waals surface area contributed by atoms with Gasteiger partial charge in [0.15, 0.2) is 0 Å². The molecule has 6 nitrogen and oxygen atoms in total. The van der Waals surface area contributed by atoms with Crippen LogP contribution >= 0.6 is 0 Å². The molecule has 252 valence electrons. The molecule has 0 aliphatic heterocycles. The molecule has 6 heteroatoms. The smallest absolute Gasteiger partial charge is 0.306 e. The Morgan fingerprint density at radius 3 is 2.52 bits per heavy atom. The lowest BCUT2D eigenvalue weighted by atomic mass is 9.47. The van der Waals surface area contributed by atoms with E-state index in [0.29, 0.717) is 25.0 Å². The fourth-order valence-corrected chi connectivity index (χ4v) is 10.00. The van der Waals surface area contributed by atoms with Crippen LogP contribution in [0, 0.1) is 46.3 Å². The van der Waals surface area contributed by atoms with Crippen molar-refractivity contribution in [1.29, 1.82) is 0 Å². The summed E-state index contributed by atoms with van der Waals surface area (Å²) in [6, 6.07) is 0. The van der Waals surface area contributed by atoms with Gasteiger partial charge in [0, 0.05) is 26.0 Å². The molecule has 4 aliphatic carbocycles. The lowest BCUT2D eigenvalue weighted by molar-refractivity contribution is -0.152. The summed E-state index contributed by atoms with van der Waals surface area (Å²) in [7, 11) is 0.